The highest BCUT2D eigenvalue weighted by atomic mass is 79.9. The van der Waals surface area contributed by atoms with Crippen LogP contribution in [0.15, 0.2) is 22.7 Å². The normalized spacial score (nSPS) is 12.9. The van der Waals surface area contributed by atoms with Crippen molar-refractivity contribution in [2.75, 3.05) is 7.11 Å². The standard InChI is InChI=1S/C12H18BrNO/c1-8(2)6-12(14)10-7-9(15-3)4-5-11(10)13/h4-5,7-8,12H,6,14H2,1-3H3. The number of hydrogen-bond donors (Lipinski definition) is 1. The van der Waals surface area contributed by atoms with E-state index < -0.39 is 0 Å². The summed E-state index contributed by atoms with van der Waals surface area (Å²) in [6, 6.07) is 5.97. The SMILES string of the molecule is COc1ccc(Br)c(C(N)CC(C)C)c1. The van der Waals surface area contributed by atoms with Gasteiger partial charge in [0.05, 0.1) is 7.11 Å². The molecule has 0 amide bonds. The lowest BCUT2D eigenvalue weighted by atomic mass is 9.98. The van der Waals surface area contributed by atoms with Gasteiger partial charge in [-0.3, -0.25) is 0 Å². The molecule has 2 N–H and O–H groups in total. The van der Waals surface area contributed by atoms with Gasteiger partial charge in [-0.2, -0.15) is 0 Å². The predicted octanol–water partition coefficient (Wildman–Crippen LogP) is 3.50. The molecule has 1 unspecified atom stereocenters. The van der Waals surface area contributed by atoms with E-state index in [9.17, 15) is 0 Å². The second kappa shape index (κ2) is 5.52. The lowest BCUT2D eigenvalue weighted by molar-refractivity contribution is 0.412. The molecule has 0 aliphatic heterocycles. The van der Waals surface area contributed by atoms with Gasteiger partial charge >= 0.3 is 0 Å². The first kappa shape index (κ1) is 12.5. The van der Waals surface area contributed by atoms with Crippen LogP contribution in [0.4, 0.5) is 0 Å². The summed E-state index contributed by atoms with van der Waals surface area (Å²) in [7, 11) is 1.67. The molecule has 0 aliphatic rings. The zero-order valence-corrected chi connectivity index (χ0v) is 11.0. The summed E-state index contributed by atoms with van der Waals surface area (Å²) >= 11 is 3.51. The van der Waals surface area contributed by atoms with E-state index in [-0.39, 0.29) is 6.04 Å². The van der Waals surface area contributed by atoms with Crippen LogP contribution in [-0.2, 0) is 0 Å². The molecule has 0 heterocycles. The Labute approximate surface area is 99.9 Å². The molecule has 0 radical (unpaired) electrons. The average molecular weight is 272 g/mol. The maximum absolute atomic E-state index is 6.13. The molecule has 0 saturated heterocycles. The Balaban J connectivity index is 2.91. The van der Waals surface area contributed by atoms with Crippen molar-refractivity contribution in [3.63, 3.8) is 0 Å². The second-order valence-electron chi connectivity index (χ2n) is 4.12. The van der Waals surface area contributed by atoms with Crippen LogP contribution in [0.5, 0.6) is 5.75 Å². The number of methoxy groups -OCH3 is 1. The highest BCUT2D eigenvalue weighted by molar-refractivity contribution is 9.10. The van der Waals surface area contributed by atoms with Gasteiger partial charge in [-0.15, -0.1) is 0 Å². The summed E-state index contributed by atoms with van der Waals surface area (Å²) in [6.45, 7) is 4.35. The van der Waals surface area contributed by atoms with Crippen LogP contribution in [0.2, 0.25) is 0 Å². The molecule has 3 heteroatoms. The van der Waals surface area contributed by atoms with Crippen LogP contribution in [0, 0.1) is 5.92 Å². The average Bonchev–Trinajstić information content (AvgIpc) is 2.17. The summed E-state index contributed by atoms with van der Waals surface area (Å²) in [5, 5.41) is 0. The fraction of sp³-hybridized carbons (Fsp3) is 0.500. The number of ether oxygens (including phenoxy) is 1. The molecule has 15 heavy (non-hydrogen) atoms. The maximum atomic E-state index is 6.13. The fourth-order valence-electron chi connectivity index (χ4n) is 1.57. The summed E-state index contributed by atoms with van der Waals surface area (Å²) < 4.78 is 6.24. The van der Waals surface area contributed by atoms with E-state index in [4.69, 9.17) is 10.5 Å². The third kappa shape index (κ3) is 3.50. The monoisotopic (exact) mass is 271 g/mol. The highest BCUT2D eigenvalue weighted by Crippen LogP contribution is 2.29. The van der Waals surface area contributed by atoms with Gasteiger partial charge < -0.3 is 10.5 Å². The van der Waals surface area contributed by atoms with Crippen LogP contribution in [0.25, 0.3) is 0 Å². The Morgan fingerprint density at radius 1 is 1.40 bits per heavy atom. The summed E-state index contributed by atoms with van der Waals surface area (Å²) in [5.74, 6) is 1.45. The van der Waals surface area contributed by atoms with Gasteiger partial charge in [0.15, 0.2) is 0 Å². The summed E-state index contributed by atoms with van der Waals surface area (Å²) in [4.78, 5) is 0. The number of rotatable bonds is 4. The minimum absolute atomic E-state index is 0.0643. The molecular formula is C12H18BrNO. The number of benzene rings is 1. The van der Waals surface area contributed by atoms with Crippen molar-refractivity contribution in [1.29, 1.82) is 0 Å². The van der Waals surface area contributed by atoms with Gasteiger partial charge in [0, 0.05) is 10.5 Å². The lowest BCUT2D eigenvalue weighted by Crippen LogP contribution is -2.13. The number of hydrogen-bond acceptors (Lipinski definition) is 2. The molecule has 0 bridgehead atoms. The second-order valence-corrected chi connectivity index (χ2v) is 4.98. The molecule has 0 fully saturated rings. The zero-order chi connectivity index (χ0) is 11.4. The molecule has 84 valence electrons. The molecule has 0 spiro atoms. The largest absolute Gasteiger partial charge is 0.497 e. The van der Waals surface area contributed by atoms with Gasteiger partial charge in [-0.25, -0.2) is 0 Å². The van der Waals surface area contributed by atoms with Crippen LogP contribution in [0.1, 0.15) is 31.9 Å². The van der Waals surface area contributed by atoms with E-state index >= 15 is 0 Å². The van der Waals surface area contributed by atoms with E-state index in [1.807, 2.05) is 18.2 Å². The third-order valence-corrected chi connectivity index (χ3v) is 3.05. The van der Waals surface area contributed by atoms with E-state index in [1.165, 1.54) is 0 Å². The van der Waals surface area contributed by atoms with E-state index in [2.05, 4.69) is 29.8 Å². The van der Waals surface area contributed by atoms with Gasteiger partial charge in [0.2, 0.25) is 0 Å². The molecule has 0 saturated carbocycles. The Morgan fingerprint density at radius 2 is 2.07 bits per heavy atom. The van der Waals surface area contributed by atoms with Crippen molar-refractivity contribution in [2.45, 2.75) is 26.3 Å². The Kier molecular flexibility index (Phi) is 4.61. The predicted molar refractivity (Wildman–Crippen MR) is 67.1 cm³/mol. The van der Waals surface area contributed by atoms with Crippen LogP contribution in [0.3, 0.4) is 0 Å². The molecule has 0 aliphatic carbocycles. The van der Waals surface area contributed by atoms with Gasteiger partial charge in [-0.1, -0.05) is 29.8 Å². The van der Waals surface area contributed by atoms with Crippen LogP contribution < -0.4 is 10.5 Å². The topological polar surface area (TPSA) is 35.2 Å². The fourth-order valence-corrected chi connectivity index (χ4v) is 2.11. The Bertz CT molecular complexity index is 325. The van der Waals surface area contributed by atoms with Crippen molar-refractivity contribution in [2.24, 2.45) is 11.7 Å². The van der Waals surface area contributed by atoms with Gasteiger partial charge in [0.1, 0.15) is 5.75 Å². The first-order valence-electron chi connectivity index (χ1n) is 5.13. The summed E-state index contributed by atoms with van der Waals surface area (Å²) in [6.07, 6.45) is 0.978. The molecule has 1 rings (SSSR count). The lowest BCUT2D eigenvalue weighted by Gasteiger charge is -2.16. The zero-order valence-electron chi connectivity index (χ0n) is 9.46. The minimum Gasteiger partial charge on any atom is -0.497 e. The maximum Gasteiger partial charge on any atom is 0.119 e. The number of nitrogens with two attached hydrogens (primary N) is 1. The number of halogens is 1. The summed E-state index contributed by atoms with van der Waals surface area (Å²) in [5.41, 5.74) is 7.25. The molecule has 1 atom stereocenters. The molecule has 0 aromatic heterocycles. The molecule has 1 aromatic carbocycles. The van der Waals surface area contributed by atoms with Crippen LogP contribution >= 0.6 is 15.9 Å². The highest BCUT2D eigenvalue weighted by Gasteiger charge is 2.12. The Hall–Kier alpha value is -0.540. The third-order valence-electron chi connectivity index (χ3n) is 2.33. The van der Waals surface area contributed by atoms with E-state index in [0.29, 0.717) is 5.92 Å². The van der Waals surface area contributed by atoms with Crippen molar-refractivity contribution in [1.82, 2.24) is 0 Å². The van der Waals surface area contributed by atoms with E-state index in [1.54, 1.807) is 7.11 Å². The minimum atomic E-state index is 0.0643. The smallest absolute Gasteiger partial charge is 0.119 e. The van der Waals surface area contributed by atoms with Crippen molar-refractivity contribution >= 4 is 15.9 Å². The Morgan fingerprint density at radius 3 is 2.60 bits per heavy atom. The van der Waals surface area contributed by atoms with Gasteiger partial charge in [0.25, 0.3) is 0 Å². The molecule has 2 nitrogen and oxygen atoms in total. The van der Waals surface area contributed by atoms with Crippen molar-refractivity contribution in [3.8, 4) is 5.75 Å². The van der Waals surface area contributed by atoms with Crippen LogP contribution in [-0.4, -0.2) is 7.11 Å². The first-order chi connectivity index (χ1) is 7.04. The van der Waals surface area contributed by atoms with Gasteiger partial charge in [-0.05, 0) is 36.1 Å². The first-order valence-corrected chi connectivity index (χ1v) is 5.93. The quantitative estimate of drug-likeness (QED) is 0.910. The van der Waals surface area contributed by atoms with Crippen molar-refractivity contribution < 1.29 is 4.74 Å². The molecule has 1 aromatic rings. The molecular weight excluding hydrogens is 254 g/mol. The van der Waals surface area contributed by atoms with E-state index in [0.717, 1.165) is 22.2 Å². The van der Waals surface area contributed by atoms with Crippen molar-refractivity contribution in [3.05, 3.63) is 28.2 Å².